The Balaban J connectivity index is 0.00000200. The van der Waals surface area contributed by atoms with E-state index in [9.17, 15) is 4.79 Å². The maximum Gasteiger partial charge on any atom is 0.225 e. The van der Waals surface area contributed by atoms with Gasteiger partial charge < -0.3 is 10.6 Å². The second kappa shape index (κ2) is 8.89. The van der Waals surface area contributed by atoms with Gasteiger partial charge in [0, 0.05) is 25.0 Å². The van der Waals surface area contributed by atoms with Crippen LogP contribution in [0.5, 0.6) is 0 Å². The molecule has 1 saturated heterocycles. The molecule has 1 unspecified atom stereocenters. The predicted octanol–water partition coefficient (Wildman–Crippen LogP) is 3.35. The summed E-state index contributed by atoms with van der Waals surface area (Å²) in [4.78, 5) is 14.5. The summed E-state index contributed by atoms with van der Waals surface area (Å²) in [6.45, 7) is 3.98. The van der Waals surface area contributed by atoms with Crippen molar-refractivity contribution in [1.82, 2.24) is 4.90 Å². The van der Waals surface area contributed by atoms with Gasteiger partial charge in [-0.25, -0.2) is 0 Å². The van der Waals surface area contributed by atoms with Gasteiger partial charge in [0.2, 0.25) is 5.91 Å². The molecule has 0 aromatic heterocycles. The Labute approximate surface area is 130 Å². The minimum absolute atomic E-state index is 0. The van der Waals surface area contributed by atoms with Gasteiger partial charge in [0.15, 0.2) is 0 Å². The molecule has 0 radical (unpaired) electrons. The Morgan fingerprint density at radius 2 is 1.90 bits per heavy atom. The lowest BCUT2D eigenvalue weighted by Crippen LogP contribution is -2.48. The fraction of sp³-hybridized carbons (Fsp3) is 0.938. The van der Waals surface area contributed by atoms with Gasteiger partial charge in [-0.15, -0.1) is 12.4 Å². The Bertz CT molecular complexity index is 290. The van der Waals surface area contributed by atoms with E-state index in [-0.39, 0.29) is 18.4 Å². The van der Waals surface area contributed by atoms with Crippen LogP contribution < -0.4 is 5.73 Å². The van der Waals surface area contributed by atoms with E-state index in [4.69, 9.17) is 5.73 Å². The third kappa shape index (κ3) is 4.92. The van der Waals surface area contributed by atoms with Crippen LogP contribution >= 0.6 is 12.4 Å². The predicted molar refractivity (Wildman–Crippen MR) is 86.0 cm³/mol. The van der Waals surface area contributed by atoms with E-state index in [1.54, 1.807) is 0 Å². The highest BCUT2D eigenvalue weighted by Gasteiger charge is 2.30. The number of halogens is 1. The van der Waals surface area contributed by atoms with Crippen molar-refractivity contribution >= 4 is 18.3 Å². The fourth-order valence-electron chi connectivity index (χ4n) is 3.66. The first-order valence-corrected chi connectivity index (χ1v) is 8.25. The molecular weight excluding hydrogens is 272 g/mol. The molecule has 20 heavy (non-hydrogen) atoms. The first-order valence-electron chi connectivity index (χ1n) is 8.25. The molecule has 1 atom stereocenters. The molecule has 0 spiro atoms. The molecule has 0 bridgehead atoms. The highest BCUT2D eigenvalue weighted by atomic mass is 35.5. The summed E-state index contributed by atoms with van der Waals surface area (Å²) in [6.07, 6.45) is 10.9. The van der Waals surface area contributed by atoms with Crippen LogP contribution in [0.3, 0.4) is 0 Å². The molecule has 0 aromatic rings. The number of hydrogen-bond donors (Lipinski definition) is 1. The van der Waals surface area contributed by atoms with Gasteiger partial charge in [-0.3, -0.25) is 4.79 Å². The lowest BCUT2D eigenvalue weighted by molar-refractivity contribution is -0.138. The number of nitrogens with zero attached hydrogens (tertiary/aromatic N) is 1. The van der Waals surface area contributed by atoms with Crippen molar-refractivity contribution < 1.29 is 4.79 Å². The fourth-order valence-corrected chi connectivity index (χ4v) is 3.66. The number of amides is 1. The summed E-state index contributed by atoms with van der Waals surface area (Å²) >= 11 is 0. The van der Waals surface area contributed by atoms with E-state index in [2.05, 4.69) is 6.92 Å². The van der Waals surface area contributed by atoms with Crippen LogP contribution in [0.4, 0.5) is 0 Å². The third-order valence-electron chi connectivity index (χ3n) is 4.93. The van der Waals surface area contributed by atoms with Gasteiger partial charge in [0.25, 0.3) is 0 Å². The van der Waals surface area contributed by atoms with Gasteiger partial charge in [0.05, 0.1) is 0 Å². The van der Waals surface area contributed by atoms with E-state index in [0.29, 0.717) is 11.8 Å². The standard InChI is InChI=1S/C16H30N2O.ClH/c1-2-3-5-13-7-9-14(10-8-13)16(19)18-11-4-6-15(17)12-18;/h13-15H,2-12,17H2,1H3;1H. The van der Waals surface area contributed by atoms with E-state index >= 15 is 0 Å². The molecule has 2 aliphatic rings. The highest BCUT2D eigenvalue weighted by molar-refractivity contribution is 5.85. The highest BCUT2D eigenvalue weighted by Crippen LogP contribution is 2.33. The number of unbranched alkanes of at least 4 members (excludes halogenated alkanes) is 1. The average molecular weight is 303 g/mol. The van der Waals surface area contributed by atoms with E-state index in [1.807, 2.05) is 4.90 Å². The van der Waals surface area contributed by atoms with Gasteiger partial charge in [-0.1, -0.05) is 26.2 Å². The third-order valence-corrected chi connectivity index (χ3v) is 4.93. The molecule has 2 rings (SSSR count). The number of piperidine rings is 1. The van der Waals surface area contributed by atoms with Crippen LogP contribution in [0.1, 0.15) is 64.7 Å². The van der Waals surface area contributed by atoms with Gasteiger partial charge in [-0.05, 0) is 44.4 Å². The Morgan fingerprint density at radius 1 is 1.20 bits per heavy atom. The van der Waals surface area contributed by atoms with Crippen LogP contribution in [0.25, 0.3) is 0 Å². The number of likely N-dealkylation sites (tertiary alicyclic amines) is 1. The second-order valence-corrected chi connectivity index (χ2v) is 6.55. The summed E-state index contributed by atoms with van der Waals surface area (Å²) in [6, 6.07) is 0.207. The molecule has 2 N–H and O–H groups in total. The van der Waals surface area contributed by atoms with Crippen LogP contribution in [0.15, 0.2) is 0 Å². The zero-order chi connectivity index (χ0) is 13.7. The molecule has 2 fully saturated rings. The van der Waals surface area contributed by atoms with E-state index in [1.165, 1.54) is 32.1 Å². The average Bonchev–Trinajstić information content (AvgIpc) is 2.45. The molecular formula is C16H31ClN2O. The molecule has 1 amide bonds. The Morgan fingerprint density at radius 3 is 2.50 bits per heavy atom. The maximum atomic E-state index is 12.5. The van der Waals surface area contributed by atoms with Crippen molar-refractivity contribution in [1.29, 1.82) is 0 Å². The van der Waals surface area contributed by atoms with Crippen molar-refractivity contribution in [2.45, 2.75) is 70.8 Å². The second-order valence-electron chi connectivity index (χ2n) is 6.55. The van der Waals surface area contributed by atoms with Crippen molar-refractivity contribution in [3.8, 4) is 0 Å². The SMILES string of the molecule is CCCCC1CCC(C(=O)N2CCCC(N)C2)CC1.Cl. The molecule has 1 aliphatic heterocycles. The summed E-state index contributed by atoms with van der Waals surface area (Å²) in [7, 11) is 0. The zero-order valence-corrected chi connectivity index (χ0v) is 13.7. The molecule has 1 saturated carbocycles. The van der Waals surface area contributed by atoms with Crippen molar-refractivity contribution in [3.05, 3.63) is 0 Å². The topological polar surface area (TPSA) is 46.3 Å². The van der Waals surface area contributed by atoms with E-state index < -0.39 is 0 Å². The normalized spacial score (nSPS) is 30.7. The Hall–Kier alpha value is -0.280. The molecule has 1 aliphatic carbocycles. The lowest BCUT2D eigenvalue weighted by Gasteiger charge is -2.36. The number of hydrogen-bond acceptors (Lipinski definition) is 2. The van der Waals surface area contributed by atoms with Crippen LogP contribution in [0.2, 0.25) is 0 Å². The molecule has 1 heterocycles. The van der Waals surface area contributed by atoms with Crippen LogP contribution in [0, 0.1) is 11.8 Å². The smallest absolute Gasteiger partial charge is 0.225 e. The summed E-state index contributed by atoms with van der Waals surface area (Å²) in [5, 5.41) is 0. The van der Waals surface area contributed by atoms with Crippen molar-refractivity contribution in [2.24, 2.45) is 17.6 Å². The largest absolute Gasteiger partial charge is 0.341 e. The van der Waals surface area contributed by atoms with Crippen LogP contribution in [-0.2, 0) is 4.79 Å². The molecule has 0 aromatic carbocycles. The first kappa shape index (κ1) is 17.8. The zero-order valence-electron chi connectivity index (χ0n) is 12.9. The lowest BCUT2D eigenvalue weighted by atomic mass is 9.79. The van der Waals surface area contributed by atoms with Gasteiger partial charge >= 0.3 is 0 Å². The van der Waals surface area contributed by atoms with Crippen molar-refractivity contribution in [3.63, 3.8) is 0 Å². The van der Waals surface area contributed by atoms with Crippen molar-refractivity contribution in [2.75, 3.05) is 13.1 Å². The number of nitrogens with two attached hydrogens (primary N) is 1. The summed E-state index contributed by atoms with van der Waals surface area (Å²) in [5.41, 5.74) is 5.98. The van der Waals surface area contributed by atoms with Crippen LogP contribution in [-0.4, -0.2) is 29.9 Å². The van der Waals surface area contributed by atoms with E-state index in [0.717, 1.165) is 44.7 Å². The van der Waals surface area contributed by atoms with Gasteiger partial charge in [-0.2, -0.15) is 0 Å². The maximum absolute atomic E-state index is 12.5. The number of rotatable bonds is 4. The molecule has 4 heteroatoms. The quantitative estimate of drug-likeness (QED) is 0.865. The summed E-state index contributed by atoms with van der Waals surface area (Å²) in [5.74, 6) is 1.57. The first-order chi connectivity index (χ1) is 9.20. The minimum atomic E-state index is 0. The molecule has 118 valence electrons. The Kier molecular flexibility index (Phi) is 7.90. The number of carbonyl (C=O) groups is 1. The van der Waals surface area contributed by atoms with Gasteiger partial charge in [0.1, 0.15) is 0 Å². The monoisotopic (exact) mass is 302 g/mol. The summed E-state index contributed by atoms with van der Waals surface area (Å²) < 4.78 is 0. The number of carbonyl (C=O) groups excluding carboxylic acids is 1. The molecule has 3 nitrogen and oxygen atoms in total. The minimum Gasteiger partial charge on any atom is -0.341 e.